The Morgan fingerprint density at radius 1 is 1.00 bits per heavy atom. The quantitative estimate of drug-likeness (QED) is 0.303. The van der Waals surface area contributed by atoms with E-state index in [-0.39, 0.29) is 29.8 Å². The summed E-state index contributed by atoms with van der Waals surface area (Å²) in [5.74, 6) is -0.549. The smallest absolute Gasteiger partial charge is 0.254 e. The molecule has 3 aromatic rings. The molecule has 35 heavy (non-hydrogen) atoms. The second kappa shape index (κ2) is 10.4. The van der Waals surface area contributed by atoms with Gasteiger partial charge in [-0.25, -0.2) is 8.78 Å². The van der Waals surface area contributed by atoms with Gasteiger partial charge in [-0.05, 0) is 54.8 Å². The molecule has 0 spiro atoms. The Labute approximate surface area is 217 Å². The second-order valence-electron chi connectivity index (χ2n) is 8.92. The van der Waals surface area contributed by atoms with Crippen LogP contribution in [0.3, 0.4) is 0 Å². The van der Waals surface area contributed by atoms with Gasteiger partial charge < -0.3 is 9.64 Å². The molecule has 2 aliphatic heterocycles. The van der Waals surface area contributed by atoms with Crippen molar-refractivity contribution in [1.82, 2.24) is 4.90 Å². The Balaban J connectivity index is 1.21. The number of amides is 1. The van der Waals surface area contributed by atoms with E-state index < -0.39 is 11.6 Å². The Kier molecular flexibility index (Phi) is 7.24. The molecule has 0 radical (unpaired) electrons. The molecule has 3 aromatic carbocycles. The van der Waals surface area contributed by atoms with Crippen molar-refractivity contribution in [3.8, 4) is 5.75 Å². The summed E-state index contributed by atoms with van der Waals surface area (Å²) in [4.78, 5) is 16.2. The van der Waals surface area contributed by atoms with E-state index in [1.807, 2.05) is 41.3 Å². The van der Waals surface area contributed by atoms with Gasteiger partial charge >= 0.3 is 0 Å². The standard InChI is InChI=1S/C27H23Cl2F2NO2S/c28-22-2-1-3-25(26(22)29)35-15-16-4-6-17(7-5-16)27(33)32-19-9-10-20(32)14-21(13-19)34-24-11-8-18(30)12-23(24)31/h1-8,11-12,19-21H,9-10,13-15H2. The Morgan fingerprint density at radius 3 is 2.40 bits per heavy atom. The van der Waals surface area contributed by atoms with Crippen molar-refractivity contribution in [3.63, 3.8) is 0 Å². The Bertz CT molecular complexity index is 1230. The van der Waals surface area contributed by atoms with Crippen LogP contribution < -0.4 is 4.74 Å². The van der Waals surface area contributed by atoms with Gasteiger partial charge in [0.25, 0.3) is 5.91 Å². The maximum Gasteiger partial charge on any atom is 0.254 e. The molecular weight excluding hydrogens is 511 g/mol. The minimum Gasteiger partial charge on any atom is -0.487 e. The molecule has 2 heterocycles. The summed E-state index contributed by atoms with van der Waals surface area (Å²) in [6.07, 6.45) is 2.87. The Morgan fingerprint density at radius 2 is 1.71 bits per heavy atom. The lowest BCUT2D eigenvalue weighted by atomic mass is 9.98. The van der Waals surface area contributed by atoms with Crippen LogP contribution in [0.2, 0.25) is 10.0 Å². The van der Waals surface area contributed by atoms with Crippen LogP contribution in [0.5, 0.6) is 5.75 Å². The third kappa shape index (κ3) is 5.30. The molecule has 182 valence electrons. The van der Waals surface area contributed by atoms with Crippen LogP contribution in [0, 0.1) is 11.6 Å². The van der Waals surface area contributed by atoms with E-state index in [0.29, 0.717) is 34.2 Å². The molecule has 2 unspecified atom stereocenters. The van der Waals surface area contributed by atoms with Crippen molar-refractivity contribution in [2.24, 2.45) is 0 Å². The zero-order valence-corrected chi connectivity index (χ0v) is 21.1. The van der Waals surface area contributed by atoms with Gasteiger partial charge in [0.05, 0.1) is 10.0 Å². The van der Waals surface area contributed by atoms with Crippen LogP contribution in [0.25, 0.3) is 0 Å². The van der Waals surface area contributed by atoms with Crippen molar-refractivity contribution < 1.29 is 18.3 Å². The van der Waals surface area contributed by atoms with Crippen LogP contribution in [-0.4, -0.2) is 29.0 Å². The topological polar surface area (TPSA) is 29.5 Å². The zero-order valence-electron chi connectivity index (χ0n) is 18.7. The average molecular weight is 534 g/mol. The lowest BCUT2D eigenvalue weighted by Crippen LogP contribution is -2.49. The first kappa shape index (κ1) is 24.4. The van der Waals surface area contributed by atoms with E-state index in [1.54, 1.807) is 17.8 Å². The van der Waals surface area contributed by atoms with Crippen molar-refractivity contribution in [2.75, 3.05) is 0 Å². The normalized spacial score (nSPS) is 21.3. The number of hydrogen-bond acceptors (Lipinski definition) is 3. The van der Waals surface area contributed by atoms with Crippen LogP contribution in [0.1, 0.15) is 41.6 Å². The maximum atomic E-state index is 14.0. The zero-order chi connectivity index (χ0) is 24.5. The van der Waals surface area contributed by atoms with Gasteiger partial charge in [0, 0.05) is 47.2 Å². The van der Waals surface area contributed by atoms with Crippen LogP contribution >= 0.6 is 35.0 Å². The summed E-state index contributed by atoms with van der Waals surface area (Å²) in [5, 5.41) is 1.08. The molecule has 0 aromatic heterocycles. The number of rotatable bonds is 6. The number of carbonyl (C=O) groups is 1. The first-order valence-corrected chi connectivity index (χ1v) is 13.2. The highest BCUT2D eigenvalue weighted by atomic mass is 35.5. The molecule has 2 fully saturated rings. The average Bonchev–Trinajstić information content (AvgIpc) is 3.11. The maximum absolute atomic E-state index is 14.0. The predicted molar refractivity (Wildman–Crippen MR) is 135 cm³/mol. The number of benzene rings is 3. The summed E-state index contributed by atoms with van der Waals surface area (Å²) in [5.41, 5.74) is 1.74. The number of fused-ring (bicyclic) bond motifs is 2. The fraction of sp³-hybridized carbons (Fsp3) is 0.296. The fourth-order valence-corrected chi connectivity index (χ4v) is 6.40. The van der Waals surface area contributed by atoms with E-state index >= 15 is 0 Å². The van der Waals surface area contributed by atoms with Gasteiger partial charge in [0.2, 0.25) is 0 Å². The molecule has 8 heteroatoms. The summed E-state index contributed by atoms with van der Waals surface area (Å²) in [6.45, 7) is 0. The van der Waals surface area contributed by atoms with Crippen LogP contribution in [-0.2, 0) is 5.75 Å². The van der Waals surface area contributed by atoms with Crippen LogP contribution in [0.4, 0.5) is 8.78 Å². The van der Waals surface area contributed by atoms with E-state index in [9.17, 15) is 13.6 Å². The molecule has 5 rings (SSSR count). The van der Waals surface area contributed by atoms with Gasteiger partial charge in [0.1, 0.15) is 11.9 Å². The molecule has 2 saturated heterocycles. The largest absolute Gasteiger partial charge is 0.487 e. The van der Waals surface area contributed by atoms with E-state index in [1.165, 1.54) is 12.1 Å². The van der Waals surface area contributed by atoms with Gasteiger partial charge in [-0.1, -0.05) is 41.4 Å². The molecule has 1 amide bonds. The van der Waals surface area contributed by atoms with Crippen molar-refractivity contribution >= 4 is 40.9 Å². The lowest BCUT2D eigenvalue weighted by Gasteiger charge is -2.39. The van der Waals surface area contributed by atoms with Gasteiger partial charge in [0.15, 0.2) is 11.6 Å². The predicted octanol–water partition coefficient (Wildman–Crippen LogP) is 7.78. The summed E-state index contributed by atoms with van der Waals surface area (Å²) in [7, 11) is 0. The van der Waals surface area contributed by atoms with Gasteiger partial charge in [-0.2, -0.15) is 0 Å². The minimum atomic E-state index is -0.702. The van der Waals surface area contributed by atoms with Crippen molar-refractivity contribution in [3.05, 3.63) is 93.5 Å². The van der Waals surface area contributed by atoms with Gasteiger partial charge in [-0.3, -0.25) is 4.79 Å². The fourth-order valence-electron chi connectivity index (χ4n) is 4.95. The van der Waals surface area contributed by atoms with Crippen molar-refractivity contribution in [1.29, 1.82) is 0 Å². The van der Waals surface area contributed by atoms with Crippen molar-refractivity contribution in [2.45, 2.75) is 54.5 Å². The molecule has 0 saturated carbocycles. The molecule has 2 aliphatic rings. The molecular formula is C27H23Cl2F2NO2S. The molecule has 2 bridgehead atoms. The highest BCUT2D eigenvalue weighted by molar-refractivity contribution is 7.98. The number of carbonyl (C=O) groups excluding carboxylic acids is 1. The number of ether oxygens (including phenoxy) is 1. The number of thioether (sulfide) groups is 1. The lowest BCUT2D eigenvalue weighted by molar-refractivity contribution is 0.0349. The molecule has 3 nitrogen and oxygen atoms in total. The first-order chi connectivity index (χ1) is 16.9. The van der Waals surface area contributed by atoms with Gasteiger partial charge in [-0.15, -0.1) is 11.8 Å². The summed E-state index contributed by atoms with van der Waals surface area (Å²) >= 11 is 14.0. The van der Waals surface area contributed by atoms with E-state index in [4.69, 9.17) is 27.9 Å². The summed E-state index contributed by atoms with van der Waals surface area (Å²) < 4.78 is 33.1. The highest BCUT2D eigenvalue weighted by Gasteiger charge is 2.44. The SMILES string of the molecule is O=C(c1ccc(CSc2cccc(Cl)c2Cl)cc1)N1C2CCC1CC(Oc1ccc(F)cc1F)C2. The molecule has 0 N–H and O–H groups in total. The number of nitrogens with zero attached hydrogens (tertiary/aromatic N) is 1. The number of piperidine rings is 1. The van der Waals surface area contributed by atoms with E-state index in [0.717, 1.165) is 29.4 Å². The summed E-state index contributed by atoms with van der Waals surface area (Å²) in [6, 6.07) is 16.7. The number of halogens is 4. The highest BCUT2D eigenvalue weighted by Crippen LogP contribution is 2.39. The number of hydrogen-bond donors (Lipinski definition) is 0. The van der Waals surface area contributed by atoms with Crippen LogP contribution in [0.15, 0.2) is 65.6 Å². The molecule has 2 atom stereocenters. The third-order valence-corrected chi connectivity index (χ3v) is 8.68. The first-order valence-electron chi connectivity index (χ1n) is 11.5. The Hall–Kier alpha value is -2.28. The minimum absolute atomic E-state index is 0.0148. The third-order valence-electron chi connectivity index (χ3n) is 6.62. The second-order valence-corrected chi connectivity index (χ2v) is 10.7. The van der Waals surface area contributed by atoms with E-state index in [2.05, 4.69) is 0 Å². The molecule has 0 aliphatic carbocycles. The monoisotopic (exact) mass is 533 g/mol.